The lowest BCUT2D eigenvalue weighted by atomic mass is 10.2. The molecule has 0 aliphatic heterocycles. The summed E-state index contributed by atoms with van der Waals surface area (Å²) in [5.74, 6) is 0.562. The highest BCUT2D eigenvalue weighted by atomic mass is 35.5. The van der Waals surface area contributed by atoms with Crippen molar-refractivity contribution < 1.29 is 4.79 Å². The average molecular weight is 449 g/mol. The van der Waals surface area contributed by atoms with Crippen molar-refractivity contribution >= 4 is 35.5 Å². The summed E-state index contributed by atoms with van der Waals surface area (Å²) in [4.78, 5) is 16.2. The molecule has 1 N–H and O–H groups in total. The second kappa shape index (κ2) is 10.0. The number of thioether (sulfide) groups is 1. The highest BCUT2D eigenvalue weighted by molar-refractivity contribution is 7.99. The van der Waals surface area contributed by atoms with Gasteiger partial charge in [0.2, 0.25) is 0 Å². The smallest absolute Gasteiger partial charge is 0.250 e. The molecule has 4 aromatic rings. The Morgan fingerprint density at radius 2 is 1.77 bits per heavy atom. The van der Waals surface area contributed by atoms with Crippen LogP contribution in [0, 0.1) is 0 Å². The van der Waals surface area contributed by atoms with Crippen LogP contribution in [-0.4, -0.2) is 37.6 Å². The van der Waals surface area contributed by atoms with Gasteiger partial charge in [-0.3, -0.25) is 14.3 Å². The number of hydrogen-bond donors (Lipinski definition) is 1. The number of amides is 1. The Hall–Kier alpha value is -3.49. The van der Waals surface area contributed by atoms with E-state index in [1.165, 1.54) is 11.8 Å². The van der Waals surface area contributed by atoms with Crippen molar-refractivity contribution in [1.29, 1.82) is 0 Å². The molecule has 0 aliphatic carbocycles. The number of rotatable bonds is 7. The van der Waals surface area contributed by atoms with Crippen LogP contribution in [0.25, 0.3) is 17.1 Å². The summed E-state index contributed by atoms with van der Waals surface area (Å²) in [6, 6.07) is 20.7. The van der Waals surface area contributed by atoms with E-state index in [0.29, 0.717) is 16.0 Å². The third kappa shape index (κ3) is 5.36. The molecule has 0 fully saturated rings. The number of nitrogens with one attached hydrogen (secondary N) is 1. The summed E-state index contributed by atoms with van der Waals surface area (Å²) in [5.41, 5.74) is 5.14. The zero-order valence-corrected chi connectivity index (χ0v) is 17.8. The van der Waals surface area contributed by atoms with Crippen molar-refractivity contribution in [3.63, 3.8) is 0 Å². The predicted octanol–water partition coefficient (Wildman–Crippen LogP) is 4.23. The molecule has 0 unspecified atom stereocenters. The summed E-state index contributed by atoms with van der Waals surface area (Å²) >= 11 is 7.30. The van der Waals surface area contributed by atoms with Gasteiger partial charge in [0.1, 0.15) is 0 Å². The monoisotopic (exact) mass is 448 g/mol. The molecule has 0 bridgehead atoms. The maximum Gasteiger partial charge on any atom is 0.250 e. The van der Waals surface area contributed by atoms with E-state index in [1.54, 1.807) is 30.7 Å². The van der Waals surface area contributed by atoms with E-state index in [1.807, 2.05) is 59.2 Å². The molecule has 0 atom stereocenters. The minimum absolute atomic E-state index is 0.138. The van der Waals surface area contributed by atoms with Crippen molar-refractivity contribution in [2.24, 2.45) is 5.10 Å². The topological polar surface area (TPSA) is 85.1 Å². The number of hydrogen-bond acceptors (Lipinski definition) is 6. The van der Waals surface area contributed by atoms with Crippen molar-refractivity contribution in [2.75, 3.05) is 5.75 Å². The van der Waals surface area contributed by atoms with Crippen LogP contribution in [0.1, 0.15) is 5.56 Å². The van der Waals surface area contributed by atoms with Crippen LogP contribution < -0.4 is 5.43 Å². The summed E-state index contributed by atoms with van der Waals surface area (Å²) in [5, 5.41) is 13.9. The fourth-order valence-corrected chi connectivity index (χ4v) is 3.62. The molecule has 0 radical (unpaired) electrons. The number of carbonyl (C=O) groups is 1. The van der Waals surface area contributed by atoms with Gasteiger partial charge in [0.25, 0.3) is 5.91 Å². The Morgan fingerprint density at radius 3 is 2.52 bits per heavy atom. The molecule has 7 nitrogen and oxygen atoms in total. The van der Waals surface area contributed by atoms with Gasteiger partial charge in [-0.1, -0.05) is 41.6 Å². The summed E-state index contributed by atoms with van der Waals surface area (Å²) in [6.07, 6.45) is 4.89. The van der Waals surface area contributed by atoms with Gasteiger partial charge >= 0.3 is 0 Å². The van der Waals surface area contributed by atoms with E-state index in [0.717, 1.165) is 16.8 Å². The highest BCUT2D eigenvalue weighted by Gasteiger charge is 2.17. The number of pyridine rings is 1. The van der Waals surface area contributed by atoms with Gasteiger partial charge < -0.3 is 0 Å². The fourth-order valence-electron chi connectivity index (χ4n) is 2.75. The van der Waals surface area contributed by atoms with Gasteiger partial charge in [-0.25, -0.2) is 5.43 Å². The quantitative estimate of drug-likeness (QED) is 0.260. The molecule has 2 aromatic heterocycles. The zero-order chi connectivity index (χ0) is 21.5. The molecule has 0 saturated heterocycles. The van der Waals surface area contributed by atoms with Crippen LogP contribution in [0.4, 0.5) is 0 Å². The zero-order valence-electron chi connectivity index (χ0n) is 16.2. The van der Waals surface area contributed by atoms with Gasteiger partial charge in [0.15, 0.2) is 11.0 Å². The minimum atomic E-state index is -0.244. The largest absolute Gasteiger partial charge is 0.272 e. The highest BCUT2D eigenvalue weighted by Crippen LogP contribution is 2.28. The van der Waals surface area contributed by atoms with Crippen LogP contribution in [0.2, 0.25) is 5.02 Å². The van der Waals surface area contributed by atoms with Crippen molar-refractivity contribution in [3.05, 3.63) is 89.7 Å². The average Bonchev–Trinajstić information content (AvgIpc) is 3.23. The van der Waals surface area contributed by atoms with Crippen LogP contribution in [-0.2, 0) is 4.79 Å². The molecule has 2 heterocycles. The van der Waals surface area contributed by atoms with Gasteiger partial charge in [0.05, 0.1) is 12.0 Å². The first-order valence-electron chi connectivity index (χ1n) is 9.32. The lowest BCUT2D eigenvalue weighted by molar-refractivity contribution is -0.118. The first-order valence-corrected chi connectivity index (χ1v) is 10.7. The van der Waals surface area contributed by atoms with Crippen LogP contribution >= 0.6 is 23.4 Å². The number of benzene rings is 2. The number of carbonyl (C=O) groups excluding carboxylic acids is 1. The maximum absolute atomic E-state index is 12.2. The molecule has 2 aromatic carbocycles. The maximum atomic E-state index is 12.2. The van der Waals surface area contributed by atoms with E-state index in [4.69, 9.17) is 11.6 Å². The van der Waals surface area contributed by atoms with E-state index < -0.39 is 0 Å². The number of nitrogens with zero attached hydrogens (tertiary/aromatic N) is 5. The molecule has 0 saturated carbocycles. The van der Waals surface area contributed by atoms with Gasteiger partial charge in [0, 0.05) is 28.7 Å². The van der Waals surface area contributed by atoms with Crippen LogP contribution in [0.3, 0.4) is 0 Å². The summed E-state index contributed by atoms with van der Waals surface area (Å²) in [6.45, 7) is 0. The first-order chi connectivity index (χ1) is 15.2. The van der Waals surface area contributed by atoms with Gasteiger partial charge in [-0.05, 0) is 54.1 Å². The van der Waals surface area contributed by atoms with E-state index in [2.05, 4.69) is 25.7 Å². The minimum Gasteiger partial charge on any atom is -0.272 e. The number of halogens is 1. The van der Waals surface area contributed by atoms with Crippen molar-refractivity contribution in [1.82, 2.24) is 25.2 Å². The molecule has 0 aliphatic rings. The molecular weight excluding hydrogens is 432 g/mol. The Labute approximate surface area is 188 Å². The van der Waals surface area contributed by atoms with Crippen molar-refractivity contribution in [2.45, 2.75) is 5.16 Å². The van der Waals surface area contributed by atoms with E-state index >= 15 is 0 Å². The SMILES string of the molecule is O=C(CSc1nnc(-c2ccc(Cl)cc2)n1-c1ccccc1)N/N=C\c1ccncc1. The lowest BCUT2D eigenvalue weighted by Crippen LogP contribution is -2.20. The van der Waals surface area contributed by atoms with Gasteiger partial charge in [-0.2, -0.15) is 5.10 Å². The molecular formula is C22H17ClN6OS. The molecule has 154 valence electrons. The first kappa shape index (κ1) is 20.8. The lowest BCUT2D eigenvalue weighted by Gasteiger charge is -2.10. The third-order valence-corrected chi connectivity index (χ3v) is 5.37. The molecule has 4 rings (SSSR count). The van der Waals surface area contributed by atoms with Crippen LogP contribution in [0.5, 0.6) is 0 Å². The molecule has 1 amide bonds. The van der Waals surface area contributed by atoms with Crippen LogP contribution in [0.15, 0.2) is 89.4 Å². The molecule has 0 spiro atoms. The molecule has 31 heavy (non-hydrogen) atoms. The number of para-hydroxylation sites is 1. The summed E-state index contributed by atoms with van der Waals surface area (Å²) < 4.78 is 1.92. The Balaban J connectivity index is 1.51. The van der Waals surface area contributed by atoms with E-state index in [-0.39, 0.29) is 11.7 Å². The normalized spacial score (nSPS) is 11.0. The summed E-state index contributed by atoms with van der Waals surface area (Å²) in [7, 11) is 0. The fraction of sp³-hybridized carbons (Fsp3) is 0.0455. The Kier molecular flexibility index (Phi) is 6.71. The second-order valence-electron chi connectivity index (χ2n) is 6.35. The Bertz CT molecular complexity index is 1180. The number of aromatic nitrogens is 4. The Morgan fingerprint density at radius 1 is 1.03 bits per heavy atom. The predicted molar refractivity (Wildman–Crippen MR) is 123 cm³/mol. The standard InChI is InChI=1S/C22H17ClN6OS/c23-18-8-6-17(7-9-18)21-27-28-22(29(21)19-4-2-1-3-5-19)31-15-20(30)26-25-14-16-10-12-24-13-11-16/h1-14H,15H2,(H,26,30)/b25-14-. The van der Waals surface area contributed by atoms with Crippen molar-refractivity contribution in [3.8, 4) is 17.1 Å². The molecule has 9 heteroatoms. The number of hydrazone groups is 1. The van der Waals surface area contributed by atoms with E-state index in [9.17, 15) is 4.79 Å². The second-order valence-corrected chi connectivity index (χ2v) is 7.73. The third-order valence-electron chi connectivity index (χ3n) is 4.19. The van der Waals surface area contributed by atoms with Gasteiger partial charge in [-0.15, -0.1) is 10.2 Å².